The number of esters is 2. The van der Waals surface area contributed by atoms with E-state index >= 15 is 0 Å². The highest BCUT2D eigenvalue weighted by Gasteiger charge is 2.32. The number of Topliss-reactive ketones (excluding diaryl/α,β-unsaturated/α-hetero) is 1. The van der Waals surface area contributed by atoms with Crippen LogP contribution in [-0.4, -0.2) is 66.0 Å². The van der Waals surface area contributed by atoms with Gasteiger partial charge in [0.25, 0.3) is 0 Å². The molecule has 6 aromatic rings. The standard InChI is InChI=1S/C57H55Cl4N3O11/c1-57(2,3)75-56(70)64-48(28-29-52(66)73-32-38-12-6-4-7-13-38)53(67)62-49(30-36-20-24-40(25-21-36)71-33-42-44(58)16-10-17-45(42)59)54(68)63-50(55(69)74-35-51(65)39-14-8-5-9-15-39)31-37-22-26-41(27-23-37)72-34-43-46(60)18-11-19-47(43)61/h4-27,48-50H,28-35H2,1-3H3,(H,62,67)(H,63,68)(H,64,70)/t48-,49-,50-/m0/s1. The molecule has 0 spiro atoms. The SMILES string of the molecule is CC(C)(C)OC(=O)N[C@@H](CCC(=O)OCc1ccccc1)C(=O)N[C@@H](Cc1ccc(OCc2c(Cl)cccc2Cl)cc1)C(=O)N[C@@H](Cc1ccc(OCc2c(Cl)cccc2Cl)cc1)C(=O)OCC(=O)c1ccccc1. The van der Waals surface area contributed by atoms with Crippen LogP contribution in [0.3, 0.4) is 0 Å². The zero-order valence-electron chi connectivity index (χ0n) is 41.2. The largest absolute Gasteiger partial charge is 0.489 e. The number of ether oxygens (including phenoxy) is 5. The quantitative estimate of drug-likeness (QED) is 0.0298. The molecular formula is C57H55Cl4N3O11. The van der Waals surface area contributed by atoms with Gasteiger partial charge in [-0.05, 0) is 92.4 Å². The zero-order valence-corrected chi connectivity index (χ0v) is 44.3. The average Bonchev–Trinajstić information content (AvgIpc) is 3.38. The Morgan fingerprint density at radius 2 is 0.960 bits per heavy atom. The Bertz CT molecular complexity index is 2860. The van der Waals surface area contributed by atoms with Crippen LogP contribution >= 0.6 is 46.4 Å². The minimum absolute atomic E-state index is 0.0172. The van der Waals surface area contributed by atoms with Gasteiger partial charge in [-0.3, -0.25) is 19.2 Å². The third-order valence-corrected chi connectivity index (χ3v) is 12.6. The molecule has 0 saturated carbocycles. The number of ketones is 1. The minimum atomic E-state index is -1.42. The Morgan fingerprint density at radius 3 is 1.47 bits per heavy atom. The molecule has 14 nitrogen and oxygen atoms in total. The lowest BCUT2D eigenvalue weighted by Gasteiger charge is -2.26. The van der Waals surface area contributed by atoms with Crippen LogP contribution in [0, 0.1) is 0 Å². The van der Waals surface area contributed by atoms with Crippen molar-refractivity contribution in [2.75, 3.05) is 6.61 Å². The summed E-state index contributed by atoms with van der Waals surface area (Å²) < 4.78 is 28.4. The number of rotatable bonds is 24. The highest BCUT2D eigenvalue weighted by atomic mass is 35.5. The first-order valence-electron chi connectivity index (χ1n) is 23.7. The second-order valence-corrected chi connectivity index (χ2v) is 19.7. The van der Waals surface area contributed by atoms with Gasteiger partial charge in [0.15, 0.2) is 12.4 Å². The topological polar surface area (TPSA) is 185 Å². The molecule has 75 heavy (non-hydrogen) atoms. The van der Waals surface area contributed by atoms with Gasteiger partial charge in [0.1, 0.15) is 55.0 Å². The molecule has 0 aromatic heterocycles. The van der Waals surface area contributed by atoms with Crippen molar-refractivity contribution in [2.24, 2.45) is 0 Å². The number of halogens is 4. The van der Waals surface area contributed by atoms with Crippen molar-refractivity contribution in [1.29, 1.82) is 0 Å². The zero-order chi connectivity index (χ0) is 53.9. The molecule has 0 radical (unpaired) electrons. The fourth-order valence-corrected chi connectivity index (χ4v) is 8.26. The molecule has 0 bridgehead atoms. The lowest BCUT2D eigenvalue weighted by atomic mass is 10.0. The summed E-state index contributed by atoms with van der Waals surface area (Å²) in [5.74, 6) is -2.85. The third kappa shape index (κ3) is 18.7. The summed E-state index contributed by atoms with van der Waals surface area (Å²) >= 11 is 25.4. The molecule has 3 atom stereocenters. The van der Waals surface area contributed by atoms with E-state index in [1.54, 1.807) is 160 Å². The Balaban J connectivity index is 1.25. The molecule has 0 aliphatic heterocycles. The highest BCUT2D eigenvalue weighted by molar-refractivity contribution is 6.36. The Labute approximate surface area is 455 Å². The van der Waals surface area contributed by atoms with E-state index < -0.39 is 66.0 Å². The summed E-state index contributed by atoms with van der Waals surface area (Å²) in [6, 6.07) is 36.6. The maximum Gasteiger partial charge on any atom is 0.408 e. The van der Waals surface area contributed by atoms with Crippen LogP contribution in [0.2, 0.25) is 20.1 Å². The van der Waals surface area contributed by atoms with Gasteiger partial charge in [0.05, 0.1) is 0 Å². The summed E-state index contributed by atoms with van der Waals surface area (Å²) in [7, 11) is 0. The molecule has 0 unspecified atom stereocenters. The molecule has 0 fully saturated rings. The van der Waals surface area contributed by atoms with E-state index in [1.165, 1.54) is 0 Å². The molecule has 18 heteroatoms. The van der Waals surface area contributed by atoms with Crippen LogP contribution in [0.1, 0.15) is 71.8 Å². The van der Waals surface area contributed by atoms with Gasteiger partial charge in [0, 0.05) is 56.0 Å². The Kier molecular flexibility index (Phi) is 21.3. The average molecular weight is 1100 g/mol. The van der Waals surface area contributed by atoms with Crippen molar-refractivity contribution < 1.29 is 52.5 Å². The highest BCUT2D eigenvalue weighted by Crippen LogP contribution is 2.28. The molecule has 0 heterocycles. The minimum Gasteiger partial charge on any atom is -0.489 e. The summed E-state index contributed by atoms with van der Waals surface area (Å²) in [5.41, 5.74) is 2.39. The number of carbonyl (C=O) groups is 6. The molecule has 0 aliphatic rings. The fourth-order valence-electron chi connectivity index (χ4n) is 7.25. The number of carbonyl (C=O) groups excluding carboxylic acids is 6. The van der Waals surface area contributed by atoms with Crippen LogP contribution in [-0.2, 0) is 66.1 Å². The molecule has 0 saturated heterocycles. The number of nitrogens with one attached hydrogen (secondary N) is 3. The van der Waals surface area contributed by atoms with Crippen LogP contribution in [0.15, 0.2) is 146 Å². The third-order valence-electron chi connectivity index (χ3n) is 11.2. The summed E-state index contributed by atoms with van der Waals surface area (Å²) in [5, 5.41) is 9.75. The Morgan fingerprint density at radius 1 is 0.493 bits per heavy atom. The fraction of sp³-hybridized carbons (Fsp3) is 0.263. The van der Waals surface area contributed by atoms with Crippen LogP contribution < -0.4 is 25.4 Å². The van der Waals surface area contributed by atoms with E-state index in [9.17, 15) is 28.8 Å². The van der Waals surface area contributed by atoms with Crippen molar-refractivity contribution in [3.05, 3.63) is 199 Å². The molecule has 6 rings (SSSR count). The maximum atomic E-state index is 14.7. The normalized spacial score (nSPS) is 12.3. The van der Waals surface area contributed by atoms with E-state index in [-0.39, 0.29) is 45.5 Å². The van der Waals surface area contributed by atoms with Gasteiger partial charge < -0.3 is 39.6 Å². The van der Waals surface area contributed by atoms with Crippen molar-refractivity contribution in [1.82, 2.24) is 16.0 Å². The van der Waals surface area contributed by atoms with E-state index in [0.717, 1.165) is 5.56 Å². The number of hydrogen-bond donors (Lipinski definition) is 3. The van der Waals surface area contributed by atoms with Crippen molar-refractivity contribution in [2.45, 2.75) is 90.0 Å². The number of benzene rings is 6. The van der Waals surface area contributed by atoms with Gasteiger partial charge >= 0.3 is 18.0 Å². The van der Waals surface area contributed by atoms with E-state index in [2.05, 4.69) is 16.0 Å². The molecular weight excluding hydrogens is 1040 g/mol. The van der Waals surface area contributed by atoms with E-state index in [0.29, 0.717) is 59.4 Å². The maximum absolute atomic E-state index is 14.7. The Hall–Kier alpha value is -7.10. The number of hydrogen-bond acceptors (Lipinski definition) is 11. The van der Waals surface area contributed by atoms with Crippen molar-refractivity contribution in [3.63, 3.8) is 0 Å². The van der Waals surface area contributed by atoms with Crippen LogP contribution in [0.4, 0.5) is 4.79 Å². The van der Waals surface area contributed by atoms with Gasteiger partial charge in [-0.15, -0.1) is 0 Å². The predicted octanol–water partition coefficient (Wildman–Crippen LogP) is 11.1. The number of amides is 3. The van der Waals surface area contributed by atoms with Crippen LogP contribution in [0.5, 0.6) is 11.5 Å². The first-order valence-corrected chi connectivity index (χ1v) is 25.3. The van der Waals surface area contributed by atoms with E-state index in [1.807, 2.05) is 6.07 Å². The lowest BCUT2D eigenvalue weighted by molar-refractivity contribution is -0.147. The lowest BCUT2D eigenvalue weighted by Crippen LogP contribution is -2.57. The van der Waals surface area contributed by atoms with Gasteiger partial charge in [-0.1, -0.05) is 143 Å². The predicted molar refractivity (Wildman–Crippen MR) is 286 cm³/mol. The molecule has 6 aromatic carbocycles. The monoisotopic (exact) mass is 1100 g/mol. The first-order chi connectivity index (χ1) is 35.9. The van der Waals surface area contributed by atoms with Crippen LogP contribution in [0.25, 0.3) is 0 Å². The van der Waals surface area contributed by atoms with Crippen molar-refractivity contribution >= 4 is 82.0 Å². The summed E-state index contributed by atoms with van der Waals surface area (Å²) in [4.78, 5) is 82.4. The molecule has 392 valence electrons. The van der Waals surface area contributed by atoms with Crippen molar-refractivity contribution in [3.8, 4) is 11.5 Å². The molecule has 3 amide bonds. The smallest absolute Gasteiger partial charge is 0.408 e. The summed E-state index contributed by atoms with van der Waals surface area (Å²) in [6.45, 7) is 4.42. The van der Waals surface area contributed by atoms with E-state index in [4.69, 9.17) is 70.1 Å². The molecule has 0 aliphatic carbocycles. The second kappa shape index (κ2) is 28.0. The molecule has 3 N–H and O–H groups in total. The number of alkyl carbamates (subject to hydrolysis) is 1. The summed E-state index contributed by atoms with van der Waals surface area (Å²) in [6.07, 6.45) is -1.78. The van der Waals surface area contributed by atoms with Gasteiger partial charge in [-0.2, -0.15) is 0 Å². The first kappa shape index (κ1) is 57.2. The second-order valence-electron chi connectivity index (χ2n) is 18.1. The van der Waals surface area contributed by atoms with Gasteiger partial charge in [0.2, 0.25) is 11.8 Å². The van der Waals surface area contributed by atoms with Gasteiger partial charge in [-0.25, -0.2) is 9.59 Å².